The van der Waals surface area contributed by atoms with Gasteiger partial charge in [-0.25, -0.2) is 19.0 Å². The van der Waals surface area contributed by atoms with E-state index in [2.05, 4.69) is 9.97 Å². The molecule has 6 rings (SSSR count). The summed E-state index contributed by atoms with van der Waals surface area (Å²) in [4.78, 5) is 23.1. The van der Waals surface area contributed by atoms with Gasteiger partial charge in [0.25, 0.3) is 5.91 Å². The molecule has 0 bridgehead atoms. The molecular weight excluding hydrogens is 471 g/mol. The van der Waals surface area contributed by atoms with Gasteiger partial charge >= 0.3 is 0 Å². The van der Waals surface area contributed by atoms with Gasteiger partial charge in [0.05, 0.1) is 18.0 Å². The molecule has 1 amide bonds. The fourth-order valence-corrected chi connectivity index (χ4v) is 4.84. The Balaban J connectivity index is 1.28. The number of nitrogen functional groups attached to an aromatic ring is 1. The van der Waals surface area contributed by atoms with Gasteiger partial charge in [0.1, 0.15) is 29.3 Å². The molecule has 0 radical (unpaired) electrons. The van der Waals surface area contributed by atoms with Gasteiger partial charge in [-0.05, 0) is 74.1 Å². The summed E-state index contributed by atoms with van der Waals surface area (Å²) in [5.41, 5.74) is 8.33. The first-order valence-corrected chi connectivity index (χ1v) is 12.6. The van der Waals surface area contributed by atoms with Gasteiger partial charge in [-0.15, -0.1) is 0 Å². The minimum Gasteiger partial charge on any atom is -0.457 e. The third kappa shape index (κ3) is 4.76. The van der Waals surface area contributed by atoms with Crippen LogP contribution in [0.5, 0.6) is 11.5 Å². The van der Waals surface area contributed by atoms with Gasteiger partial charge in [0.2, 0.25) is 0 Å². The molecule has 0 spiro atoms. The van der Waals surface area contributed by atoms with E-state index in [-0.39, 0.29) is 12.0 Å². The van der Waals surface area contributed by atoms with Crippen molar-refractivity contribution in [2.75, 3.05) is 12.3 Å². The molecule has 2 aromatic heterocycles. The van der Waals surface area contributed by atoms with E-state index in [1.54, 1.807) is 9.58 Å². The maximum atomic E-state index is 14.6. The third-order valence-electron chi connectivity index (χ3n) is 6.90. The Morgan fingerprint density at radius 1 is 1.05 bits per heavy atom. The van der Waals surface area contributed by atoms with Crippen molar-refractivity contribution in [3.05, 3.63) is 72.8 Å². The topological polar surface area (TPSA) is 99.2 Å². The molecule has 2 N–H and O–H groups in total. The van der Waals surface area contributed by atoms with Crippen LogP contribution < -0.4 is 10.5 Å². The van der Waals surface area contributed by atoms with Crippen LogP contribution in [0.15, 0.2) is 72.8 Å². The Hall–Kier alpha value is -4.27. The molecule has 1 saturated carbocycles. The summed E-state index contributed by atoms with van der Waals surface area (Å²) in [6.07, 6.45) is 6.37. The number of hydrogen-bond donors (Lipinski definition) is 1. The van der Waals surface area contributed by atoms with Gasteiger partial charge in [0.15, 0.2) is 11.5 Å². The Labute approximate surface area is 213 Å². The highest BCUT2D eigenvalue weighted by atomic mass is 19.1. The van der Waals surface area contributed by atoms with Crippen LogP contribution in [-0.2, 0) is 11.3 Å². The molecule has 2 aliphatic rings. The zero-order chi connectivity index (χ0) is 25.4. The lowest BCUT2D eigenvalue weighted by Gasteiger charge is -2.24. The number of rotatable bonds is 7. The molecule has 0 unspecified atom stereocenters. The quantitative estimate of drug-likeness (QED) is 0.355. The summed E-state index contributed by atoms with van der Waals surface area (Å²) in [5, 5.41) is 5.49. The number of nitrogens with two attached hydrogens (primary N) is 1. The first-order valence-electron chi connectivity index (χ1n) is 12.6. The van der Waals surface area contributed by atoms with Crippen LogP contribution in [0.3, 0.4) is 0 Å². The summed E-state index contributed by atoms with van der Waals surface area (Å²) in [7, 11) is 0. The number of carbonyl (C=O) groups excluding carboxylic acids is 1. The first-order chi connectivity index (χ1) is 18.1. The zero-order valence-electron chi connectivity index (χ0n) is 20.3. The minimum atomic E-state index is -0.648. The normalized spacial score (nSPS) is 17.9. The van der Waals surface area contributed by atoms with Crippen molar-refractivity contribution in [1.82, 2.24) is 24.6 Å². The fraction of sp³-hybridized carbons (Fsp3) is 0.286. The van der Waals surface area contributed by atoms with Crippen LogP contribution in [0.4, 0.5) is 10.2 Å². The predicted molar refractivity (Wildman–Crippen MR) is 138 cm³/mol. The van der Waals surface area contributed by atoms with Crippen molar-refractivity contribution >= 4 is 22.8 Å². The molecule has 1 aliphatic carbocycles. The van der Waals surface area contributed by atoms with E-state index in [1.165, 1.54) is 12.4 Å². The second-order valence-electron chi connectivity index (χ2n) is 9.57. The van der Waals surface area contributed by atoms with E-state index in [9.17, 15) is 9.18 Å². The number of benzene rings is 2. The highest BCUT2D eigenvalue weighted by Crippen LogP contribution is 2.34. The molecule has 1 saturated heterocycles. The van der Waals surface area contributed by atoms with Crippen LogP contribution in [0.25, 0.3) is 22.3 Å². The number of ether oxygens (including phenoxy) is 1. The second kappa shape index (κ2) is 9.65. The molecule has 37 heavy (non-hydrogen) atoms. The highest BCUT2D eigenvalue weighted by Gasteiger charge is 2.33. The second-order valence-corrected chi connectivity index (χ2v) is 9.57. The van der Waals surface area contributed by atoms with Crippen LogP contribution in [-0.4, -0.2) is 43.1 Å². The molecule has 188 valence electrons. The maximum absolute atomic E-state index is 14.6. The van der Waals surface area contributed by atoms with E-state index >= 15 is 0 Å². The molecule has 1 aliphatic heterocycles. The average molecular weight is 499 g/mol. The largest absolute Gasteiger partial charge is 0.457 e. The number of aromatic nitrogens is 4. The van der Waals surface area contributed by atoms with Gasteiger partial charge in [-0.2, -0.15) is 5.10 Å². The van der Waals surface area contributed by atoms with Crippen molar-refractivity contribution in [2.45, 2.75) is 38.3 Å². The van der Waals surface area contributed by atoms with E-state index in [4.69, 9.17) is 15.6 Å². The Morgan fingerprint density at radius 2 is 1.81 bits per heavy atom. The Bertz CT molecular complexity index is 1460. The number of nitrogens with zero attached hydrogens (tertiary/aromatic N) is 5. The van der Waals surface area contributed by atoms with Crippen LogP contribution in [0, 0.1) is 5.92 Å². The van der Waals surface area contributed by atoms with E-state index < -0.39 is 11.7 Å². The lowest BCUT2D eigenvalue weighted by Crippen LogP contribution is -2.38. The minimum absolute atomic E-state index is 0.181. The van der Waals surface area contributed by atoms with Crippen molar-refractivity contribution in [2.24, 2.45) is 5.92 Å². The van der Waals surface area contributed by atoms with E-state index in [0.29, 0.717) is 41.4 Å². The molecule has 2 aromatic carbocycles. The Morgan fingerprint density at radius 3 is 2.57 bits per heavy atom. The lowest BCUT2D eigenvalue weighted by atomic mass is 10.1. The number of allylic oxidation sites excluding steroid dienone is 1. The summed E-state index contributed by atoms with van der Waals surface area (Å²) in [6.45, 7) is 0.923. The number of para-hydroxylation sites is 1. The number of likely N-dealkylation sites (tertiary alicyclic amines) is 1. The molecule has 4 aromatic rings. The van der Waals surface area contributed by atoms with Crippen LogP contribution >= 0.6 is 0 Å². The highest BCUT2D eigenvalue weighted by molar-refractivity contribution is 5.98. The molecular formula is C28H27FN6O2. The number of amides is 1. The van der Waals surface area contributed by atoms with Crippen LogP contribution in [0.2, 0.25) is 0 Å². The molecule has 2 fully saturated rings. The van der Waals surface area contributed by atoms with Crippen molar-refractivity contribution < 1.29 is 13.9 Å². The fourth-order valence-electron chi connectivity index (χ4n) is 4.84. The summed E-state index contributed by atoms with van der Waals surface area (Å²) in [6, 6.07) is 17.0. The zero-order valence-corrected chi connectivity index (χ0v) is 20.3. The lowest BCUT2D eigenvalue weighted by molar-refractivity contribution is -0.129. The number of halogens is 1. The number of fused-ring (bicyclic) bond motifs is 1. The third-order valence-corrected chi connectivity index (χ3v) is 6.90. The average Bonchev–Trinajstić information content (AvgIpc) is 3.47. The molecule has 8 nitrogen and oxygen atoms in total. The van der Waals surface area contributed by atoms with E-state index in [1.807, 2.05) is 54.6 Å². The molecule has 1 atom stereocenters. The van der Waals surface area contributed by atoms with Gasteiger partial charge in [-0.3, -0.25) is 4.79 Å². The van der Waals surface area contributed by atoms with E-state index in [0.717, 1.165) is 37.0 Å². The molecule has 3 heterocycles. The summed E-state index contributed by atoms with van der Waals surface area (Å²) >= 11 is 0. The SMILES string of the molecule is Nc1ncnc2c1c(-c1ccc(Oc3ccccc3)cc1)nn2C[C@H]1CCCN1C(=O)/C(F)=C/C1CC1. The summed E-state index contributed by atoms with van der Waals surface area (Å²) in [5.74, 6) is 0.797. The standard InChI is InChI=1S/C28H27FN6O2/c29-23(15-18-8-9-18)28(36)34-14-4-5-20(34)16-35-27-24(26(30)31-17-32-27)25(33-35)19-10-12-22(13-11-19)37-21-6-2-1-3-7-21/h1-3,6-7,10-13,15,17-18,20H,4-5,8-9,14,16H2,(H2,30,31,32)/b23-15-/t20-/m1/s1. The number of hydrogen-bond acceptors (Lipinski definition) is 6. The summed E-state index contributed by atoms with van der Waals surface area (Å²) < 4.78 is 22.2. The predicted octanol–water partition coefficient (Wildman–Crippen LogP) is 5.12. The van der Waals surface area contributed by atoms with Gasteiger partial charge in [-0.1, -0.05) is 18.2 Å². The van der Waals surface area contributed by atoms with Gasteiger partial charge < -0.3 is 15.4 Å². The Kier molecular flexibility index (Phi) is 6.04. The van der Waals surface area contributed by atoms with Crippen molar-refractivity contribution in [3.8, 4) is 22.8 Å². The molecule has 9 heteroatoms. The number of carbonyl (C=O) groups is 1. The van der Waals surface area contributed by atoms with Crippen molar-refractivity contribution in [1.29, 1.82) is 0 Å². The smallest absolute Gasteiger partial charge is 0.282 e. The van der Waals surface area contributed by atoms with Crippen LogP contribution in [0.1, 0.15) is 25.7 Å². The maximum Gasteiger partial charge on any atom is 0.282 e. The van der Waals surface area contributed by atoms with Gasteiger partial charge in [0, 0.05) is 12.1 Å². The monoisotopic (exact) mass is 498 g/mol. The first kappa shape index (κ1) is 23.1. The number of anilines is 1. The van der Waals surface area contributed by atoms with Crippen molar-refractivity contribution in [3.63, 3.8) is 0 Å².